The first-order chi connectivity index (χ1) is 7.20. The number of nitrogens with zero attached hydrogens (tertiary/aromatic N) is 1. The van der Waals surface area contributed by atoms with Gasteiger partial charge in [-0.3, -0.25) is 14.5 Å². The second-order valence-corrected chi connectivity index (χ2v) is 5.39. The summed E-state index contributed by atoms with van der Waals surface area (Å²) in [5, 5.41) is 0. The van der Waals surface area contributed by atoms with Crippen LogP contribution in [0.1, 0.15) is 6.42 Å². The number of likely N-dealkylation sites (tertiary alicyclic amines) is 1. The molecule has 0 aromatic rings. The zero-order chi connectivity index (χ0) is 10.3. The normalized spacial score (nSPS) is 54.6. The van der Waals surface area contributed by atoms with E-state index in [4.69, 9.17) is 0 Å². The summed E-state index contributed by atoms with van der Waals surface area (Å²) in [6.45, 7) is 0. The van der Waals surface area contributed by atoms with Gasteiger partial charge in [0.25, 0.3) is 0 Å². The standard InChI is InChI=1S/C12H13NO2/c1-13-11(14)9-5-2-3-6(8-4-7(5)8)10(9)12(13)15/h2-3,5-10H,4H2,1H3/t5-,6-,7-,8-,9-,10+/m0/s1. The quantitative estimate of drug-likeness (QED) is 0.428. The second kappa shape index (κ2) is 2.18. The molecule has 0 spiro atoms. The molecule has 2 bridgehead atoms. The average molecular weight is 203 g/mol. The third kappa shape index (κ3) is 0.724. The highest BCUT2D eigenvalue weighted by Gasteiger charge is 2.66. The predicted molar refractivity (Wildman–Crippen MR) is 52.5 cm³/mol. The van der Waals surface area contributed by atoms with Crippen LogP contribution in [0.4, 0.5) is 0 Å². The molecule has 0 aromatic carbocycles. The van der Waals surface area contributed by atoms with Crippen molar-refractivity contribution in [2.24, 2.45) is 35.5 Å². The molecule has 6 atom stereocenters. The number of rotatable bonds is 0. The first kappa shape index (κ1) is 8.08. The minimum absolute atomic E-state index is 0.0127. The zero-order valence-corrected chi connectivity index (χ0v) is 8.59. The van der Waals surface area contributed by atoms with Crippen LogP contribution in [0.5, 0.6) is 0 Å². The topological polar surface area (TPSA) is 37.4 Å². The van der Waals surface area contributed by atoms with Gasteiger partial charge in [-0.05, 0) is 30.1 Å². The van der Waals surface area contributed by atoms with Crippen molar-refractivity contribution in [2.75, 3.05) is 7.05 Å². The summed E-state index contributed by atoms with van der Waals surface area (Å²) in [4.78, 5) is 25.3. The molecule has 2 amide bonds. The SMILES string of the molecule is CN1C(=O)[C@@H]2[C@H]3C=C[C@@H]([C@@H]4C[C@@H]34)[C@@H]2C1=O. The molecule has 15 heavy (non-hydrogen) atoms. The van der Waals surface area contributed by atoms with E-state index >= 15 is 0 Å². The van der Waals surface area contributed by atoms with Crippen LogP contribution in [0.3, 0.4) is 0 Å². The third-order valence-electron chi connectivity index (χ3n) is 4.88. The maximum Gasteiger partial charge on any atom is 0.233 e. The predicted octanol–water partition coefficient (Wildman–Crippen LogP) is 0.669. The van der Waals surface area contributed by atoms with Crippen molar-refractivity contribution in [3.63, 3.8) is 0 Å². The molecule has 0 N–H and O–H groups in total. The zero-order valence-electron chi connectivity index (χ0n) is 8.59. The van der Waals surface area contributed by atoms with Gasteiger partial charge in [0.05, 0.1) is 11.8 Å². The fourth-order valence-electron chi connectivity index (χ4n) is 4.11. The molecule has 1 heterocycles. The van der Waals surface area contributed by atoms with Crippen molar-refractivity contribution in [3.8, 4) is 0 Å². The molecule has 1 saturated heterocycles. The van der Waals surface area contributed by atoms with E-state index in [0.29, 0.717) is 23.7 Å². The van der Waals surface area contributed by atoms with Gasteiger partial charge in [-0.1, -0.05) is 12.2 Å². The number of carbonyl (C=O) groups is 2. The Labute approximate surface area is 88.1 Å². The third-order valence-corrected chi connectivity index (χ3v) is 4.88. The number of hydrogen-bond acceptors (Lipinski definition) is 2. The van der Waals surface area contributed by atoms with E-state index in [1.807, 2.05) is 0 Å². The van der Waals surface area contributed by atoms with Crippen molar-refractivity contribution < 1.29 is 9.59 Å². The van der Waals surface area contributed by atoms with Gasteiger partial charge in [0.2, 0.25) is 11.8 Å². The highest BCUT2D eigenvalue weighted by atomic mass is 16.2. The lowest BCUT2D eigenvalue weighted by Gasteiger charge is -2.37. The molecule has 2 saturated carbocycles. The summed E-state index contributed by atoms with van der Waals surface area (Å²) >= 11 is 0. The van der Waals surface area contributed by atoms with Gasteiger partial charge in [-0.25, -0.2) is 0 Å². The molecule has 0 aromatic heterocycles. The Morgan fingerprint density at radius 3 is 2.00 bits per heavy atom. The Hall–Kier alpha value is -1.12. The molecule has 3 fully saturated rings. The van der Waals surface area contributed by atoms with Crippen molar-refractivity contribution in [3.05, 3.63) is 12.2 Å². The van der Waals surface area contributed by atoms with Gasteiger partial charge >= 0.3 is 0 Å². The van der Waals surface area contributed by atoms with Crippen LogP contribution in [-0.2, 0) is 9.59 Å². The van der Waals surface area contributed by atoms with E-state index in [2.05, 4.69) is 12.2 Å². The lowest BCUT2D eigenvalue weighted by Crippen LogP contribution is -2.40. The van der Waals surface area contributed by atoms with Gasteiger partial charge in [-0.2, -0.15) is 0 Å². The number of amides is 2. The van der Waals surface area contributed by atoms with E-state index in [-0.39, 0.29) is 23.7 Å². The highest BCUT2D eigenvalue weighted by Crippen LogP contribution is 2.65. The monoisotopic (exact) mass is 203 g/mol. The van der Waals surface area contributed by atoms with Gasteiger partial charge < -0.3 is 0 Å². The molecular weight excluding hydrogens is 190 g/mol. The number of imide groups is 1. The van der Waals surface area contributed by atoms with E-state index < -0.39 is 0 Å². The molecule has 3 heteroatoms. The smallest absolute Gasteiger partial charge is 0.233 e. The first-order valence-electron chi connectivity index (χ1n) is 5.70. The lowest BCUT2D eigenvalue weighted by molar-refractivity contribution is -0.138. The average Bonchev–Trinajstić information content (AvgIpc) is 3.02. The first-order valence-corrected chi connectivity index (χ1v) is 5.70. The van der Waals surface area contributed by atoms with Gasteiger partial charge in [-0.15, -0.1) is 0 Å². The van der Waals surface area contributed by atoms with Crippen molar-refractivity contribution >= 4 is 11.8 Å². The van der Waals surface area contributed by atoms with E-state index in [1.54, 1.807) is 7.05 Å². The van der Waals surface area contributed by atoms with Gasteiger partial charge in [0.15, 0.2) is 0 Å². The molecule has 3 nitrogen and oxygen atoms in total. The van der Waals surface area contributed by atoms with Crippen molar-refractivity contribution in [1.82, 2.24) is 4.90 Å². The Balaban J connectivity index is 1.86. The fourth-order valence-corrected chi connectivity index (χ4v) is 4.11. The van der Waals surface area contributed by atoms with Crippen LogP contribution in [0.2, 0.25) is 0 Å². The molecule has 0 unspecified atom stereocenters. The summed E-state index contributed by atoms with van der Waals surface area (Å²) in [6, 6.07) is 0. The number of hydrogen-bond donors (Lipinski definition) is 0. The van der Waals surface area contributed by atoms with Gasteiger partial charge in [0, 0.05) is 7.05 Å². The number of allylic oxidation sites excluding steroid dienone is 2. The van der Waals surface area contributed by atoms with Gasteiger partial charge in [0.1, 0.15) is 0 Å². The van der Waals surface area contributed by atoms with Crippen LogP contribution >= 0.6 is 0 Å². The fraction of sp³-hybridized carbons (Fsp3) is 0.667. The summed E-state index contributed by atoms with van der Waals surface area (Å²) in [5.74, 6) is 2.26. The maximum absolute atomic E-state index is 12.0. The Morgan fingerprint density at radius 1 is 1.07 bits per heavy atom. The molecular formula is C12H13NO2. The minimum Gasteiger partial charge on any atom is -0.285 e. The van der Waals surface area contributed by atoms with Crippen LogP contribution in [-0.4, -0.2) is 23.8 Å². The highest BCUT2D eigenvalue weighted by molar-refractivity contribution is 6.05. The summed E-state index contributed by atoms with van der Waals surface area (Å²) in [5.41, 5.74) is 0. The van der Waals surface area contributed by atoms with Crippen LogP contribution in [0.25, 0.3) is 0 Å². The molecule has 5 rings (SSSR count). The molecule has 0 radical (unpaired) electrons. The second-order valence-electron chi connectivity index (χ2n) is 5.39. The van der Waals surface area contributed by atoms with Crippen LogP contribution in [0, 0.1) is 35.5 Å². The largest absolute Gasteiger partial charge is 0.285 e. The maximum atomic E-state index is 12.0. The van der Waals surface area contributed by atoms with E-state index in [0.717, 1.165) is 0 Å². The minimum atomic E-state index is -0.0127. The van der Waals surface area contributed by atoms with Crippen molar-refractivity contribution in [1.29, 1.82) is 0 Å². The molecule has 5 aliphatic rings. The van der Waals surface area contributed by atoms with E-state index in [1.165, 1.54) is 11.3 Å². The molecule has 1 aliphatic heterocycles. The lowest BCUT2D eigenvalue weighted by atomic mass is 9.63. The van der Waals surface area contributed by atoms with E-state index in [9.17, 15) is 9.59 Å². The Morgan fingerprint density at radius 2 is 1.53 bits per heavy atom. The van der Waals surface area contributed by atoms with Crippen LogP contribution < -0.4 is 0 Å². The number of carbonyl (C=O) groups excluding carboxylic acids is 2. The molecule has 78 valence electrons. The van der Waals surface area contributed by atoms with Crippen LogP contribution in [0.15, 0.2) is 12.2 Å². The Bertz CT molecular complexity index is 378. The molecule has 4 aliphatic carbocycles. The Kier molecular flexibility index (Phi) is 1.17. The summed E-state index contributed by atoms with van der Waals surface area (Å²) in [7, 11) is 1.63. The summed E-state index contributed by atoms with van der Waals surface area (Å²) < 4.78 is 0. The van der Waals surface area contributed by atoms with Crippen molar-refractivity contribution in [2.45, 2.75) is 6.42 Å². The summed E-state index contributed by atoms with van der Waals surface area (Å²) in [6.07, 6.45) is 5.63.